The molecule has 1 aromatic heterocycles. The summed E-state index contributed by atoms with van der Waals surface area (Å²) in [4.78, 5) is 21.7. The van der Waals surface area contributed by atoms with Gasteiger partial charge >= 0.3 is 0 Å². The number of amides is 1. The van der Waals surface area contributed by atoms with Gasteiger partial charge in [0.25, 0.3) is 5.91 Å². The second-order valence-electron chi connectivity index (χ2n) is 7.23. The third-order valence-electron chi connectivity index (χ3n) is 5.23. The Morgan fingerprint density at radius 1 is 1.18 bits per heavy atom. The van der Waals surface area contributed by atoms with Crippen molar-refractivity contribution in [2.45, 2.75) is 25.8 Å². The van der Waals surface area contributed by atoms with E-state index >= 15 is 0 Å². The summed E-state index contributed by atoms with van der Waals surface area (Å²) < 4.78 is 6.17. The first-order valence-corrected chi connectivity index (χ1v) is 11.5. The van der Waals surface area contributed by atoms with Crippen LogP contribution in [0.4, 0.5) is 11.4 Å². The molecule has 4 rings (SSSR count). The van der Waals surface area contributed by atoms with Crippen LogP contribution in [-0.4, -0.2) is 55.2 Å². The average Bonchev–Trinajstić information content (AvgIpc) is 3.17. The zero-order valence-corrected chi connectivity index (χ0v) is 18.2. The van der Waals surface area contributed by atoms with Crippen LogP contribution in [-0.2, 0) is 11.3 Å². The van der Waals surface area contributed by atoms with Crippen molar-refractivity contribution in [2.24, 2.45) is 0 Å². The topological polar surface area (TPSA) is 57.7 Å². The van der Waals surface area contributed by atoms with E-state index in [0.717, 1.165) is 61.2 Å². The van der Waals surface area contributed by atoms with Crippen molar-refractivity contribution in [3.8, 4) is 0 Å². The van der Waals surface area contributed by atoms with E-state index in [1.807, 2.05) is 6.07 Å². The molecule has 150 valence electrons. The van der Waals surface area contributed by atoms with E-state index in [2.05, 4.69) is 48.2 Å². The van der Waals surface area contributed by atoms with Crippen LogP contribution in [0.25, 0.3) is 0 Å². The summed E-state index contributed by atoms with van der Waals surface area (Å²) in [7, 11) is 0. The first-order valence-electron chi connectivity index (χ1n) is 9.79. The van der Waals surface area contributed by atoms with Gasteiger partial charge in [0.2, 0.25) is 0 Å². The lowest BCUT2D eigenvalue weighted by atomic mass is 10.1. The maximum absolute atomic E-state index is 12.6. The molecule has 0 unspecified atom stereocenters. The Labute approximate surface area is 178 Å². The van der Waals surface area contributed by atoms with Gasteiger partial charge in [0.1, 0.15) is 5.69 Å². The first-order chi connectivity index (χ1) is 13.7. The van der Waals surface area contributed by atoms with E-state index < -0.39 is 0 Å². The Morgan fingerprint density at radius 3 is 2.68 bits per heavy atom. The normalized spacial score (nSPS) is 18.2. The summed E-state index contributed by atoms with van der Waals surface area (Å²) in [6.07, 6.45) is 3.67. The zero-order valence-electron chi connectivity index (χ0n) is 15.8. The molecule has 8 heteroatoms. The largest absolute Gasteiger partial charge is 0.379 e. The molecule has 28 heavy (non-hydrogen) atoms. The monoisotopic (exact) mass is 464 g/mol. The van der Waals surface area contributed by atoms with E-state index in [4.69, 9.17) is 4.74 Å². The van der Waals surface area contributed by atoms with E-state index in [1.165, 1.54) is 36.2 Å². The van der Waals surface area contributed by atoms with Crippen molar-refractivity contribution in [3.05, 3.63) is 38.8 Å². The Hall–Kier alpha value is -1.48. The minimum absolute atomic E-state index is 0.166. The van der Waals surface area contributed by atoms with Gasteiger partial charge in [0.15, 0.2) is 3.92 Å². The fraction of sp³-hybridized carbons (Fsp3) is 0.500. The second-order valence-corrected chi connectivity index (χ2v) is 9.36. The van der Waals surface area contributed by atoms with Gasteiger partial charge in [-0.3, -0.25) is 9.69 Å². The molecule has 0 bridgehead atoms. The van der Waals surface area contributed by atoms with E-state index in [0.29, 0.717) is 5.69 Å². The van der Waals surface area contributed by atoms with Crippen LogP contribution in [0.5, 0.6) is 0 Å². The summed E-state index contributed by atoms with van der Waals surface area (Å²) >= 11 is 4.74. The van der Waals surface area contributed by atoms with Crippen molar-refractivity contribution >= 4 is 44.5 Å². The number of nitrogens with zero attached hydrogens (tertiary/aromatic N) is 3. The number of halogens is 1. The number of hydrogen-bond donors (Lipinski definition) is 1. The van der Waals surface area contributed by atoms with Crippen LogP contribution in [0.3, 0.4) is 0 Å². The number of rotatable bonds is 5. The molecule has 1 aromatic carbocycles. The maximum Gasteiger partial charge on any atom is 0.275 e. The van der Waals surface area contributed by atoms with Gasteiger partial charge < -0.3 is 15.0 Å². The number of ether oxygens (including phenoxy) is 1. The van der Waals surface area contributed by atoms with Crippen molar-refractivity contribution in [1.82, 2.24) is 9.88 Å². The lowest BCUT2D eigenvalue weighted by Crippen LogP contribution is -2.35. The highest BCUT2D eigenvalue weighted by Gasteiger charge is 2.19. The highest BCUT2D eigenvalue weighted by Crippen LogP contribution is 2.31. The fourth-order valence-electron chi connectivity index (χ4n) is 3.74. The molecular formula is C20H25BrN4O2S. The zero-order chi connectivity index (χ0) is 19.3. The SMILES string of the molecule is O=C(Nc1ccc(CN2CCOCC2)cc1N1CCCCC1)c1csc(Br)n1. The van der Waals surface area contributed by atoms with Gasteiger partial charge in [-0.05, 0) is 52.9 Å². The maximum atomic E-state index is 12.6. The van der Waals surface area contributed by atoms with Crippen molar-refractivity contribution < 1.29 is 9.53 Å². The minimum atomic E-state index is -0.166. The molecule has 1 amide bonds. The highest BCUT2D eigenvalue weighted by atomic mass is 79.9. The van der Waals surface area contributed by atoms with E-state index in [9.17, 15) is 4.79 Å². The van der Waals surface area contributed by atoms with Crippen LogP contribution >= 0.6 is 27.3 Å². The van der Waals surface area contributed by atoms with Crippen LogP contribution in [0.2, 0.25) is 0 Å². The smallest absolute Gasteiger partial charge is 0.275 e. The molecule has 2 aliphatic rings. The third-order valence-corrected chi connectivity index (χ3v) is 6.59. The van der Waals surface area contributed by atoms with Crippen molar-refractivity contribution in [3.63, 3.8) is 0 Å². The number of carbonyl (C=O) groups excluding carboxylic acids is 1. The van der Waals surface area contributed by atoms with Crippen LogP contribution in [0.15, 0.2) is 27.5 Å². The minimum Gasteiger partial charge on any atom is -0.379 e. The Balaban J connectivity index is 1.55. The third kappa shape index (κ3) is 4.92. The molecule has 1 N–H and O–H groups in total. The Morgan fingerprint density at radius 2 is 1.96 bits per heavy atom. The van der Waals surface area contributed by atoms with Gasteiger partial charge in [0.05, 0.1) is 24.6 Å². The predicted octanol–water partition coefficient (Wildman–Crippen LogP) is 3.98. The number of aromatic nitrogens is 1. The molecule has 6 nitrogen and oxygen atoms in total. The molecule has 2 saturated heterocycles. The summed E-state index contributed by atoms with van der Waals surface area (Å²) in [5.41, 5.74) is 3.70. The van der Waals surface area contributed by atoms with E-state index in [1.54, 1.807) is 5.38 Å². The fourth-order valence-corrected chi connectivity index (χ4v) is 4.73. The molecule has 3 heterocycles. The number of morpholine rings is 1. The second kappa shape index (κ2) is 9.35. The van der Waals surface area contributed by atoms with E-state index in [-0.39, 0.29) is 5.91 Å². The van der Waals surface area contributed by atoms with Gasteiger partial charge in [-0.25, -0.2) is 4.98 Å². The molecule has 2 aliphatic heterocycles. The summed E-state index contributed by atoms with van der Waals surface area (Å²) in [5, 5.41) is 4.85. The predicted molar refractivity (Wildman–Crippen MR) is 116 cm³/mol. The van der Waals surface area contributed by atoms with Crippen LogP contribution in [0.1, 0.15) is 35.3 Å². The summed E-state index contributed by atoms with van der Waals surface area (Å²) in [5.74, 6) is -0.166. The molecule has 0 saturated carbocycles. The number of nitrogens with one attached hydrogen (secondary N) is 1. The lowest BCUT2D eigenvalue weighted by Gasteiger charge is -2.32. The number of hydrogen-bond acceptors (Lipinski definition) is 6. The summed E-state index contributed by atoms with van der Waals surface area (Å²) in [6.45, 7) is 6.52. The molecule has 0 radical (unpaired) electrons. The number of carbonyl (C=O) groups is 1. The Bertz CT molecular complexity index is 816. The van der Waals surface area contributed by atoms with Crippen LogP contribution < -0.4 is 10.2 Å². The van der Waals surface area contributed by atoms with Gasteiger partial charge in [-0.15, -0.1) is 11.3 Å². The molecule has 2 aromatic rings. The standard InChI is InChI=1S/C20H25BrN4O2S/c21-20-23-17(14-28-20)19(26)22-16-5-4-15(13-24-8-10-27-11-9-24)12-18(16)25-6-2-1-3-7-25/h4-5,12,14H,1-3,6-11,13H2,(H,22,26). The molecule has 0 spiro atoms. The first kappa shape index (κ1) is 19.8. The van der Waals surface area contributed by atoms with Gasteiger partial charge in [-0.1, -0.05) is 6.07 Å². The molecule has 0 aliphatic carbocycles. The average molecular weight is 465 g/mol. The molecular weight excluding hydrogens is 440 g/mol. The van der Waals surface area contributed by atoms with Crippen molar-refractivity contribution in [1.29, 1.82) is 0 Å². The molecule has 0 atom stereocenters. The quantitative estimate of drug-likeness (QED) is 0.724. The lowest BCUT2D eigenvalue weighted by molar-refractivity contribution is 0.0342. The van der Waals surface area contributed by atoms with Crippen LogP contribution in [0, 0.1) is 0 Å². The number of anilines is 2. The number of thiazole rings is 1. The Kier molecular flexibility index (Phi) is 6.61. The highest BCUT2D eigenvalue weighted by molar-refractivity contribution is 9.11. The van der Waals surface area contributed by atoms with Crippen molar-refractivity contribution in [2.75, 3.05) is 49.6 Å². The number of piperidine rings is 1. The number of benzene rings is 1. The summed E-state index contributed by atoms with van der Waals surface area (Å²) in [6, 6.07) is 6.40. The molecule has 2 fully saturated rings. The van der Waals surface area contributed by atoms with Gasteiger partial charge in [-0.2, -0.15) is 0 Å². The van der Waals surface area contributed by atoms with Gasteiger partial charge in [0, 0.05) is 38.1 Å².